The number of amides is 1. The van der Waals surface area contributed by atoms with E-state index in [-0.39, 0.29) is 5.75 Å². The second-order valence-electron chi connectivity index (χ2n) is 3.14. The lowest BCUT2D eigenvalue weighted by molar-refractivity contribution is -0.139. The zero-order valence-corrected chi connectivity index (χ0v) is 8.55. The van der Waals surface area contributed by atoms with Gasteiger partial charge in [0, 0.05) is 6.07 Å². The molecule has 1 N–H and O–H groups in total. The van der Waals surface area contributed by atoms with Crippen molar-refractivity contribution in [3.05, 3.63) is 30.1 Å². The Morgan fingerprint density at radius 3 is 2.65 bits per heavy atom. The molecule has 0 saturated heterocycles. The number of hydrogen-bond acceptors (Lipinski definition) is 2. The van der Waals surface area contributed by atoms with E-state index in [4.69, 9.17) is 4.74 Å². The van der Waals surface area contributed by atoms with Crippen LogP contribution in [0.1, 0.15) is 0 Å². The third kappa shape index (κ3) is 5.74. The van der Waals surface area contributed by atoms with Crippen molar-refractivity contribution in [2.45, 2.75) is 6.18 Å². The molecule has 0 atom stereocenters. The molecule has 0 unspecified atom stereocenters. The highest BCUT2D eigenvalue weighted by Gasteiger charge is 2.27. The molecule has 0 spiro atoms. The van der Waals surface area contributed by atoms with Crippen molar-refractivity contribution < 1.29 is 27.1 Å². The van der Waals surface area contributed by atoms with Crippen LogP contribution in [0.25, 0.3) is 0 Å². The molecule has 1 aromatic rings. The SMILES string of the molecule is O=C(COc1cccc(F)c1)NCC(F)(F)F. The molecule has 17 heavy (non-hydrogen) atoms. The summed E-state index contributed by atoms with van der Waals surface area (Å²) in [5.41, 5.74) is 0. The fourth-order valence-corrected chi connectivity index (χ4v) is 0.956. The lowest BCUT2D eigenvalue weighted by Gasteiger charge is -2.09. The number of carbonyl (C=O) groups excluding carboxylic acids is 1. The Balaban J connectivity index is 2.33. The standard InChI is InChI=1S/C10H9F4NO2/c11-7-2-1-3-8(4-7)17-5-9(16)15-6-10(12,13)14/h1-4H,5-6H2,(H,15,16). The van der Waals surface area contributed by atoms with Gasteiger partial charge in [0.2, 0.25) is 0 Å². The minimum Gasteiger partial charge on any atom is -0.484 e. The highest BCUT2D eigenvalue weighted by atomic mass is 19.4. The Morgan fingerprint density at radius 2 is 2.06 bits per heavy atom. The van der Waals surface area contributed by atoms with Crippen LogP contribution < -0.4 is 10.1 Å². The van der Waals surface area contributed by atoms with E-state index in [2.05, 4.69) is 0 Å². The van der Waals surface area contributed by atoms with E-state index in [0.29, 0.717) is 0 Å². The van der Waals surface area contributed by atoms with E-state index in [9.17, 15) is 22.4 Å². The fraction of sp³-hybridized carbons (Fsp3) is 0.300. The van der Waals surface area contributed by atoms with Crippen molar-refractivity contribution in [1.82, 2.24) is 5.32 Å². The van der Waals surface area contributed by atoms with E-state index in [1.165, 1.54) is 18.2 Å². The molecule has 0 heterocycles. The van der Waals surface area contributed by atoms with Gasteiger partial charge in [0.15, 0.2) is 6.61 Å². The van der Waals surface area contributed by atoms with Gasteiger partial charge in [-0.15, -0.1) is 0 Å². The molecular formula is C10H9F4NO2. The largest absolute Gasteiger partial charge is 0.484 e. The monoisotopic (exact) mass is 251 g/mol. The molecule has 1 rings (SSSR count). The predicted molar refractivity (Wildman–Crippen MR) is 51.0 cm³/mol. The summed E-state index contributed by atoms with van der Waals surface area (Å²) in [6, 6.07) is 4.95. The van der Waals surface area contributed by atoms with Crippen molar-refractivity contribution in [3.63, 3.8) is 0 Å². The molecule has 94 valence electrons. The zero-order chi connectivity index (χ0) is 12.9. The Hall–Kier alpha value is -1.79. The van der Waals surface area contributed by atoms with Gasteiger partial charge >= 0.3 is 6.18 Å². The summed E-state index contributed by atoms with van der Waals surface area (Å²) in [5, 5.41) is 1.62. The Kier molecular flexibility index (Phi) is 4.30. The third-order valence-corrected chi connectivity index (χ3v) is 1.65. The Bertz CT molecular complexity index is 392. The minimum absolute atomic E-state index is 0.0761. The predicted octanol–water partition coefficient (Wildman–Crippen LogP) is 1.88. The van der Waals surface area contributed by atoms with Crippen molar-refractivity contribution in [3.8, 4) is 5.75 Å². The van der Waals surface area contributed by atoms with Gasteiger partial charge in [-0.25, -0.2) is 4.39 Å². The van der Waals surface area contributed by atoms with Gasteiger partial charge in [-0.05, 0) is 12.1 Å². The van der Waals surface area contributed by atoms with E-state index in [1.54, 1.807) is 5.32 Å². The molecular weight excluding hydrogens is 242 g/mol. The average molecular weight is 251 g/mol. The summed E-state index contributed by atoms with van der Waals surface area (Å²) < 4.78 is 52.6. The lowest BCUT2D eigenvalue weighted by Crippen LogP contribution is -2.36. The number of carbonyl (C=O) groups is 1. The van der Waals surface area contributed by atoms with E-state index < -0.39 is 31.1 Å². The Labute approximate surface area is 94.4 Å². The van der Waals surface area contributed by atoms with Crippen molar-refractivity contribution in [2.24, 2.45) is 0 Å². The van der Waals surface area contributed by atoms with Crippen LogP contribution in [0.15, 0.2) is 24.3 Å². The molecule has 3 nitrogen and oxygen atoms in total. The first-order valence-corrected chi connectivity index (χ1v) is 4.58. The van der Waals surface area contributed by atoms with Crippen molar-refractivity contribution >= 4 is 5.91 Å². The normalized spacial score (nSPS) is 11.1. The van der Waals surface area contributed by atoms with E-state index in [0.717, 1.165) is 6.07 Å². The molecule has 0 aromatic heterocycles. The fourth-order valence-electron chi connectivity index (χ4n) is 0.956. The van der Waals surface area contributed by atoms with Crippen molar-refractivity contribution in [2.75, 3.05) is 13.2 Å². The van der Waals surface area contributed by atoms with Crippen LogP contribution in [0, 0.1) is 5.82 Å². The van der Waals surface area contributed by atoms with Gasteiger partial charge in [0.25, 0.3) is 5.91 Å². The molecule has 0 fully saturated rings. The number of ether oxygens (including phenoxy) is 1. The molecule has 0 aliphatic carbocycles. The van der Waals surface area contributed by atoms with Crippen LogP contribution in [0.4, 0.5) is 17.6 Å². The summed E-state index contributed by atoms with van der Waals surface area (Å²) in [5.74, 6) is -1.41. The van der Waals surface area contributed by atoms with Gasteiger partial charge in [-0.3, -0.25) is 4.79 Å². The maximum Gasteiger partial charge on any atom is 0.405 e. The first kappa shape index (κ1) is 13.3. The number of hydrogen-bond donors (Lipinski definition) is 1. The van der Waals surface area contributed by atoms with Gasteiger partial charge in [0.1, 0.15) is 18.1 Å². The number of halogens is 4. The van der Waals surface area contributed by atoms with Crippen LogP contribution in [-0.4, -0.2) is 25.2 Å². The number of alkyl halides is 3. The highest BCUT2D eigenvalue weighted by molar-refractivity contribution is 5.77. The molecule has 0 aliphatic heterocycles. The van der Waals surface area contributed by atoms with Crippen LogP contribution in [0.5, 0.6) is 5.75 Å². The quantitative estimate of drug-likeness (QED) is 0.830. The number of nitrogens with one attached hydrogen (secondary N) is 1. The smallest absolute Gasteiger partial charge is 0.405 e. The summed E-state index contributed by atoms with van der Waals surface area (Å²) in [6.45, 7) is -2.02. The van der Waals surface area contributed by atoms with Gasteiger partial charge in [-0.2, -0.15) is 13.2 Å². The molecule has 0 bridgehead atoms. The maximum absolute atomic E-state index is 12.7. The lowest BCUT2D eigenvalue weighted by atomic mass is 10.3. The molecule has 0 radical (unpaired) electrons. The van der Waals surface area contributed by atoms with Crippen LogP contribution in [0.2, 0.25) is 0 Å². The van der Waals surface area contributed by atoms with Crippen LogP contribution >= 0.6 is 0 Å². The summed E-state index contributed by atoms with van der Waals surface area (Å²) >= 11 is 0. The van der Waals surface area contributed by atoms with Crippen LogP contribution in [-0.2, 0) is 4.79 Å². The molecule has 1 amide bonds. The van der Waals surface area contributed by atoms with E-state index in [1.807, 2.05) is 0 Å². The summed E-state index contributed by atoms with van der Waals surface area (Å²) in [4.78, 5) is 10.9. The summed E-state index contributed by atoms with van der Waals surface area (Å²) in [6.07, 6.45) is -4.46. The van der Waals surface area contributed by atoms with E-state index >= 15 is 0 Å². The minimum atomic E-state index is -4.46. The Morgan fingerprint density at radius 1 is 1.35 bits per heavy atom. The summed E-state index contributed by atoms with van der Waals surface area (Å²) in [7, 11) is 0. The second kappa shape index (κ2) is 5.51. The molecule has 0 saturated carbocycles. The average Bonchev–Trinajstić information content (AvgIpc) is 2.23. The highest BCUT2D eigenvalue weighted by Crippen LogP contribution is 2.13. The van der Waals surface area contributed by atoms with Crippen molar-refractivity contribution in [1.29, 1.82) is 0 Å². The number of rotatable bonds is 4. The van der Waals surface area contributed by atoms with Gasteiger partial charge in [-0.1, -0.05) is 6.07 Å². The molecule has 7 heteroatoms. The second-order valence-corrected chi connectivity index (χ2v) is 3.14. The van der Waals surface area contributed by atoms with Gasteiger partial charge < -0.3 is 10.1 Å². The molecule has 0 aliphatic rings. The third-order valence-electron chi connectivity index (χ3n) is 1.65. The molecule has 1 aromatic carbocycles. The maximum atomic E-state index is 12.7. The first-order valence-electron chi connectivity index (χ1n) is 4.58. The zero-order valence-electron chi connectivity index (χ0n) is 8.55. The first-order chi connectivity index (χ1) is 7.87. The van der Waals surface area contributed by atoms with Crippen LogP contribution in [0.3, 0.4) is 0 Å². The number of benzene rings is 1. The van der Waals surface area contributed by atoms with Gasteiger partial charge in [0.05, 0.1) is 0 Å². The topological polar surface area (TPSA) is 38.3 Å².